The minimum Gasteiger partial charge on any atom is -0.492 e. The molecule has 0 fully saturated rings. The Morgan fingerprint density at radius 2 is 1.94 bits per heavy atom. The molecular weight excluding hydrogens is 214 g/mol. The van der Waals surface area contributed by atoms with Crippen LogP contribution in [0.3, 0.4) is 0 Å². The van der Waals surface area contributed by atoms with Gasteiger partial charge in [0.2, 0.25) is 0 Å². The lowest BCUT2D eigenvalue weighted by atomic mass is 10.3. The van der Waals surface area contributed by atoms with E-state index in [-0.39, 0.29) is 0 Å². The first kappa shape index (κ1) is 11.7. The molecule has 3 heteroatoms. The fraction of sp³-hybridized carbons (Fsp3) is 0.286. The Kier molecular flexibility index (Phi) is 3.83. The van der Waals surface area contributed by atoms with E-state index in [1.54, 1.807) is 6.92 Å². The van der Waals surface area contributed by atoms with E-state index in [9.17, 15) is 5.11 Å². The Labute approximate surface area is 101 Å². The van der Waals surface area contributed by atoms with E-state index in [1.165, 1.54) is 0 Å². The molecule has 1 unspecified atom stereocenters. The monoisotopic (exact) mass is 231 g/mol. The van der Waals surface area contributed by atoms with Gasteiger partial charge in [0.1, 0.15) is 12.4 Å². The Bertz CT molecular complexity index is 448. The van der Waals surface area contributed by atoms with Crippen molar-refractivity contribution in [2.24, 2.45) is 0 Å². The summed E-state index contributed by atoms with van der Waals surface area (Å²) in [4.78, 5) is 0. The molecule has 0 spiro atoms. The molecule has 0 radical (unpaired) electrons. The Morgan fingerprint density at radius 3 is 2.65 bits per heavy atom. The lowest BCUT2D eigenvalue weighted by Crippen LogP contribution is -2.11. The van der Waals surface area contributed by atoms with Crippen LogP contribution in [0.4, 0.5) is 0 Å². The van der Waals surface area contributed by atoms with E-state index in [4.69, 9.17) is 4.74 Å². The van der Waals surface area contributed by atoms with Gasteiger partial charge in [-0.2, -0.15) is 0 Å². The maximum Gasteiger partial charge on any atom is 0.119 e. The highest BCUT2D eigenvalue weighted by Gasteiger charge is 2.05. The van der Waals surface area contributed by atoms with Crippen LogP contribution in [-0.4, -0.2) is 16.3 Å². The van der Waals surface area contributed by atoms with Gasteiger partial charge >= 0.3 is 0 Å². The molecule has 1 N–H and O–H groups in total. The molecule has 17 heavy (non-hydrogen) atoms. The number of aromatic nitrogens is 1. The first-order valence-corrected chi connectivity index (χ1v) is 5.78. The van der Waals surface area contributed by atoms with Crippen molar-refractivity contribution < 1.29 is 9.84 Å². The van der Waals surface area contributed by atoms with Crippen molar-refractivity contribution in [3.8, 4) is 5.75 Å². The molecule has 1 aromatic carbocycles. The average Bonchev–Trinajstić information content (AvgIpc) is 2.79. The fourth-order valence-corrected chi connectivity index (χ4v) is 1.79. The summed E-state index contributed by atoms with van der Waals surface area (Å²) in [5, 5.41) is 9.55. The molecule has 2 aromatic rings. The largest absolute Gasteiger partial charge is 0.492 e. The highest BCUT2D eigenvalue weighted by Crippen LogP contribution is 2.13. The molecule has 0 saturated heterocycles. The summed E-state index contributed by atoms with van der Waals surface area (Å²) in [7, 11) is 0. The van der Waals surface area contributed by atoms with Crippen molar-refractivity contribution >= 4 is 0 Å². The van der Waals surface area contributed by atoms with Gasteiger partial charge in [0.25, 0.3) is 0 Å². The van der Waals surface area contributed by atoms with E-state index in [0.29, 0.717) is 6.61 Å². The number of aliphatic hydroxyl groups excluding tert-OH is 1. The second kappa shape index (κ2) is 5.55. The van der Waals surface area contributed by atoms with Crippen LogP contribution in [-0.2, 0) is 6.54 Å². The quantitative estimate of drug-likeness (QED) is 0.858. The van der Waals surface area contributed by atoms with Crippen LogP contribution in [0.25, 0.3) is 0 Å². The van der Waals surface area contributed by atoms with E-state index >= 15 is 0 Å². The fourth-order valence-electron chi connectivity index (χ4n) is 1.79. The number of benzene rings is 1. The molecular formula is C14H17NO2. The predicted octanol–water partition coefficient (Wildman–Crippen LogP) is 2.62. The van der Waals surface area contributed by atoms with Crippen LogP contribution >= 0.6 is 0 Å². The summed E-state index contributed by atoms with van der Waals surface area (Å²) >= 11 is 0. The van der Waals surface area contributed by atoms with Gasteiger partial charge in [-0.25, -0.2) is 0 Å². The number of para-hydroxylation sites is 1. The number of nitrogens with zero attached hydrogens (tertiary/aromatic N) is 1. The summed E-state index contributed by atoms with van der Waals surface area (Å²) in [6.07, 6.45) is 1.51. The lowest BCUT2D eigenvalue weighted by molar-refractivity contribution is 0.186. The molecule has 0 aliphatic heterocycles. The molecule has 0 saturated carbocycles. The minimum atomic E-state index is -0.443. The normalized spacial score (nSPS) is 12.4. The number of aliphatic hydroxyl groups is 1. The summed E-state index contributed by atoms with van der Waals surface area (Å²) in [6, 6.07) is 13.6. The highest BCUT2D eigenvalue weighted by molar-refractivity contribution is 5.20. The third-order valence-electron chi connectivity index (χ3n) is 2.64. The van der Waals surface area contributed by atoms with E-state index in [2.05, 4.69) is 0 Å². The van der Waals surface area contributed by atoms with Gasteiger partial charge in [0.05, 0.1) is 12.6 Å². The standard InChI is InChI=1S/C14H17NO2/c1-12(16)14-8-5-9-15(14)10-11-17-13-6-3-2-4-7-13/h2-9,12,16H,10-11H2,1H3. The maximum atomic E-state index is 9.55. The van der Waals surface area contributed by atoms with E-state index in [0.717, 1.165) is 18.0 Å². The predicted molar refractivity (Wildman–Crippen MR) is 67.0 cm³/mol. The highest BCUT2D eigenvalue weighted by atomic mass is 16.5. The second-order valence-corrected chi connectivity index (χ2v) is 3.96. The Hall–Kier alpha value is -1.74. The van der Waals surface area contributed by atoms with Gasteiger partial charge in [0, 0.05) is 11.9 Å². The summed E-state index contributed by atoms with van der Waals surface area (Å²) in [6.45, 7) is 3.10. The van der Waals surface area contributed by atoms with E-state index in [1.807, 2.05) is 53.2 Å². The third-order valence-corrected chi connectivity index (χ3v) is 2.64. The Balaban J connectivity index is 1.88. The van der Waals surface area contributed by atoms with Crippen LogP contribution < -0.4 is 4.74 Å². The number of rotatable bonds is 5. The summed E-state index contributed by atoms with van der Waals surface area (Å²) in [5.74, 6) is 0.873. The van der Waals surface area contributed by atoms with Crippen LogP contribution in [0.15, 0.2) is 48.7 Å². The zero-order chi connectivity index (χ0) is 12.1. The van der Waals surface area contributed by atoms with Crippen molar-refractivity contribution in [1.82, 2.24) is 4.57 Å². The zero-order valence-electron chi connectivity index (χ0n) is 9.91. The molecule has 1 aromatic heterocycles. The van der Waals surface area contributed by atoms with Crippen molar-refractivity contribution in [2.75, 3.05) is 6.61 Å². The molecule has 0 aliphatic carbocycles. The van der Waals surface area contributed by atoms with Crippen molar-refractivity contribution in [3.63, 3.8) is 0 Å². The zero-order valence-corrected chi connectivity index (χ0v) is 9.91. The van der Waals surface area contributed by atoms with Gasteiger partial charge in [-0.3, -0.25) is 0 Å². The molecule has 3 nitrogen and oxygen atoms in total. The van der Waals surface area contributed by atoms with Crippen molar-refractivity contribution in [2.45, 2.75) is 19.6 Å². The number of ether oxygens (including phenoxy) is 1. The average molecular weight is 231 g/mol. The lowest BCUT2D eigenvalue weighted by Gasteiger charge is -2.12. The van der Waals surface area contributed by atoms with E-state index < -0.39 is 6.10 Å². The van der Waals surface area contributed by atoms with Crippen molar-refractivity contribution in [1.29, 1.82) is 0 Å². The SMILES string of the molecule is CC(O)c1cccn1CCOc1ccccc1. The van der Waals surface area contributed by atoms with Gasteiger partial charge in [-0.1, -0.05) is 18.2 Å². The van der Waals surface area contributed by atoms with Crippen LogP contribution in [0.2, 0.25) is 0 Å². The molecule has 0 bridgehead atoms. The van der Waals surface area contributed by atoms with Gasteiger partial charge in [0.15, 0.2) is 0 Å². The first-order valence-electron chi connectivity index (χ1n) is 5.78. The Morgan fingerprint density at radius 1 is 1.18 bits per heavy atom. The summed E-state index contributed by atoms with van der Waals surface area (Å²) in [5.41, 5.74) is 0.918. The van der Waals surface area contributed by atoms with Gasteiger partial charge < -0.3 is 14.4 Å². The maximum absolute atomic E-state index is 9.55. The molecule has 90 valence electrons. The van der Waals surface area contributed by atoms with Crippen LogP contribution in [0, 0.1) is 0 Å². The second-order valence-electron chi connectivity index (χ2n) is 3.96. The smallest absolute Gasteiger partial charge is 0.119 e. The molecule has 1 heterocycles. The van der Waals surface area contributed by atoms with Crippen LogP contribution in [0.1, 0.15) is 18.7 Å². The first-order chi connectivity index (χ1) is 8.27. The number of hydrogen-bond donors (Lipinski definition) is 1. The van der Waals surface area contributed by atoms with Gasteiger partial charge in [-0.15, -0.1) is 0 Å². The minimum absolute atomic E-state index is 0.443. The molecule has 2 rings (SSSR count). The van der Waals surface area contributed by atoms with Crippen LogP contribution in [0.5, 0.6) is 5.75 Å². The van der Waals surface area contributed by atoms with Crippen molar-refractivity contribution in [3.05, 3.63) is 54.4 Å². The van der Waals surface area contributed by atoms with Gasteiger partial charge in [-0.05, 0) is 31.2 Å². The molecule has 0 amide bonds. The summed E-state index contributed by atoms with van der Waals surface area (Å²) < 4.78 is 7.62. The third kappa shape index (κ3) is 3.11. The topological polar surface area (TPSA) is 34.4 Å². The molecule has 0 aliphatic rings. The molecule has 1 atom stereocenters. The number of hydrogen-bond acceptors (Lipinski definition) is 2.